The highest BCUT2D eigenvalue weighted by Gasteiger charge is 2.50. The first-order valence-electron chi connectivity index (χ1n) is 20.7. The van der Waals surface area contributed by atoms with Crippen LogP contribution < -0.4 is 0 Å². The molecule has 0 aromatic rings. The Kier molecular flexibility index (Phi) is 25.7. The van der Waals surface area contributed by atoms with Gasteiger partial charge in [-0.05, 0) is 95.8 Å². The molecule has 2 fully saturated rings. The molecule has 2 nitrogen and oxygen atoms in total. The molecule has 1 heterocycles. The molecule has 0 aromatic carbocycles. The Bertz CT molecular complexity index is 728. The van der Waals surface area contributed by atoms with E-state index in [1.165, 1.54) is 161 Å². The number of rotatable bonds is 31. The van der Waals surface area contributed by atoms with Crippen LogP contribution in [-0.4, -0.2) is 18.0 Å². The van der Waals surface area contributed by atoms with Gasteiger partial charge < -0.3 is 9.47 Å². The van der Waals surface area contributed by atoms with Gasteiger partial charge in [-0.3, -0.25) is 0 Å². The molecule has 0 aromatic heterocycles. The smallest absolute Gasteiger partial charge is 0.169 e. The summed E-state index contributed by atoms with van der Waals surface area (Å²) in [5.41, 5.74) is 0. The van der Waals surface area contributed by atoms with Crippen LogP contribution in [0.3, 0.4) is 0 Å². The van der Waals surface area contributed by atoms with Crippen LogP contribution in [0.4, 0.5) is 0 Å². The summed E-state index contributed by atoms with van der Waals surface area (Å²) in [6.45, 7) is 6.87. The molecule has 1 saturated carbocycles. The van der Waals surface area contributed by atoms with E-state index in [2.05, 4.69) is 69.4 Å². The topological polar surface area (TPSA) is 18.5 Å². The average Bonchev–Trinajstić information content (AvgIpc) is 3.60. The molecule has 2 aliphatic rings. The van der Waals surface area contributed by atoms with E-state index in [-0.39, 0.29) is 5.79 Å². The Hall–Kier alpha value is -1.12. The van der Waals surface area contributed by atoms with Gasteiger partial charge in [-0.1, -0.05) is 153 Å². The highest BCUT2D eigenvalue weighted by atomic mass is 16.8. The standard InChI is InChI=1S/C44H78O2/c1-4-7-9-11-13-15-17-19-21-23-25-27-29-31-33-35-37-44(45-42-39-41(6-3)40-43(42)46-44)38-36-34-32-30-28-26-24-22-20-18-16-14-12-10-8-5-2/h13-16,19-22,41-43H,4-12,17-18,23-40H2,1-3H3/b15-13-,16-14-,21-19-,22-20-/t41-,42+,43-. The Balaban J connectivity index is 1.52. The SMILES string of the molecule is CCCCC/C=C\C/C=C\CCCCCCCCC1(CCCCCCCC/C=C\C/C=C\CCCCC)O[C@H]2C[C@@H](CC)C[C@H]2O1. The van der Waals surface area contributed by atoms with E-state index >= 15 is 0 Å². The van der Waals surface area contributed by atoms with Gasteiger partial charge in [-0.15, -0.1) is 0 Å². The third-order valence-electron chi connectivity index (χ3n) is 10.4. The molecule has 0 amide bonds. The lowest BCUT2D eigenvalue weighted by molar-refractivity contribution is -0.192. The first-order chi connectivity index (χ1) is 22.7. The van der Waals surface area contributed by atoms with Crippen molar-refractivity contribution in [2.24, 2.45) is 5.92 Å². The maximum Gasteiger partial charge on any atom is 0.169 e. The van der Waals surface area contributed by atoms with E-state index in [0.717, 1.165) is 31.6 Å². The lowest BCUT2D eigenvalue weighted by Gasteiger charge is -2.30. The first kappa shape index (κ1) is 41.1. The predicted molar refractivity (Wildman–Crippen MR) is 203 cm³/mol. The van der Waals surface area contributed by atoms with Crippen LogP contribution in [0.25, 0.3) is 0 Å². The molecular weight excluding hydrogens is 560 g/mol. The molecule has 0 unspecified atom stereocenters. The summed E-state index contributed by atoms with van der Waals surface area (Å²) in [4.78, 5) is 0. The van der Waals surface area contributed by atoms with Gasteiger partial charge >= 0.3 is 0 Å². The minimum atomic E-state index is -0.279. The molecule has 46 heavy (non-hydrogen) atoms. The van der Waals surface area contributed by atoms with Crippen molar-refractivity contribution in [1.82, 2.24) is 0 Å². The van der Waals surface area contributed by atoms with E-state index < -0.39 is 0 Å². The average molecular weight is 639 g/mol. The fourth-order valence-corrected chi connectivity index (χ4v) is 7.34. The lowest BCUT2D eigenvalue weighted by Crippen LogP contribution is -2.32. The third-order valence-corrected chi connectivity index (χ3v) is 10.4. The van der Waals surface area contributed by atoms with Gasteiger partial charge in [0.05, 0.1) is 12.2 Å². The number of allylic oxidation sites excluding steroid dienone is 8. The monoisotopic (exact) mass is 639 g/mol. The summed E-state index contributed by atoms with van der Waals surface area (Å²) in [6.07, 6.45) is 56.7. The van der Waals surface area contributed by atoms with Crippen LogP contribution in [0.1, 0.15) is 207 Å². The largest absolute Gasteiger partial charge is 0.344 e. The van der Waals surface area contributed by atoms with Gasteiger partial charge in [0.25, 0.3) is 0 Å². The molecule has 3 atom stereocenters. The molecule has 0 radical (unpaired) electrons. The molecule has 0 spiro atoms. The zero-order valence-electron chi connectivity index (χ0n) is 31.2. The van der Waals surface area contributed by atoms with Crippen molar-refractivity contribution in [3.8, 4) is 0 Å². The van der Waals surface area contributed by atoms with Crippen molar-refractivity contribution < 1.29 is 9.47 Å². The van der Waals surface area contributed by atoms with Crippen molar-refractivity contribution in [2.45, 2.75) is 225 Å². The van der Waals surface area contributed by atoms with Gasteiger partial charge in [0.1, 0.15) is 0 Å². The van der Waals surface area contributed by atoms with E-state index in [9.17, 15) is 0 Å². The Labute approximate surface area is 288 Å². The van der Waals surface area contributed by atoms with Gasteiger partial charge in [-0.25, -0.2) is 0 Å². The molecule has 0 N–H and O–H groups in total. The molecule has 1 aliphatic carbocycles. The Morgan fingerprint density at radius 2 is 0.783 bits per heavy atom. The first-order valence-corrected chi connectivity index (χ1v) is 20.7. The number of ether oxygens (including phenoxy) is 2. The highest BCUT2D eigenvalue weighted by molar-refractivity contribution is 4.95. The fraction of sp³-hybridized carbons (Fsp3) is 0.818. The maximum absolute atomic E-state index is 6.81. The highest BCUT2D eigenvalue weighted by Crippen LogP contribution is 2.46. The fourth-order valence-electron chi connectivity index (χ4n) is 7.34. The van der Waals surface area contributed by atoms with Crippen molar-refractivity contribution in [3.05, 3.63) is 48.6 Å². The summed E-state index contributed by atoms with van der Waals surface area (Å²) in [5.74, 6) is 0.523. The number of hydrogen-bond donors (Lipinski definition) is 0. The summed E-state index contributed by atoms with van der Waals surface area (Å²) < 4.78 is 13.6. The normalized spacial score (nSPS) is 21.2. The zero-order chi connectivity index (χ0) is 32.8. The van der Waals surface area contributed by atoms with Crippen LogP contribution in [0, 0.1) is 5.92 Å². The zero-order valence-corrected chi connectivity index (χ0v) is 31.2. The van der Waals surface area contributed by atoms with E-state index in [0.29, 0.717) is 12.2 Å². The van der Waals surface area contributed by atoms with Crippen LogP contribution in [0.15, 0.2) is 48.6 Å². The second-order valence-corrected chi connectivity index (χ2v) is 14.6. The summed E-state index contributed by atoms with van der Waals surface area (Å²) >= 11 is 0. The van der Waals surface area contributed by atoms with E-state index in [4.69, 9.17) is 9.47 Å². The number of unbranched alkanes of at least 4 members (excludes halogenated alkanes) is 18. The Morgan fingerprint density at radius 3 is 1.15 bits per heavy atom. The predicted octanol–water partition coefficient (Wildman–Crippen LogP) is 14.7. The molecule has 266 valence electrons. The van der Waals surface area contributed by atoms with Crippen molar-refractivity contribution in [3.63, 3.8) is 0 Å². The van der Waals surface area contributed by atoms with Crippen LogP contribution in [0.2, 0.25) is 0 Å². The van der Waals surface area contributed by atoms with Crippen LogP contribution in [0.5, 0.6) is 0 Å². The van der Waals surface area contributed by atoms with Gasteiger partial charge in [0.2, 0.25) is 0 Å². The quantitative estimate of drug-likeness (QED) is 0.0555. The molecule has 1 saturated heterocycles. The molecular formula is C44H78O2. The lowest BCUT2D eigenvalue weighted by atomic mass is 9.98. The second kappa shape index (κ2) is 28.9. The molecule has 2 rings (SSSR count). The minimum Gasteiger partial charge on any atom is -0.344 e. The molecule has 1 aliphatic heterocycles. The van der Waals surface area contributed by atoms with Gasteiger partial charge in [-0.2, -0.15) is 0 Å². The second-order valence-electron chi connectivity index (χ2n) is 14.6. The number of hydrogen-bond acceptors (Lipinski definition) is 2. The van der Waals surface area contributed by atoms with E-state index in [1.807, 2.05) is 0 Å². The summed E-state index contributed by atoms with van der Waals surface area (Å²) in [5, 5.41) is 0. The number of fused-ring (bicyclic) bond motifs is 1. The molecule has 0 bridgehead atoms. The van der Waals surface area contributed by atoms with Crippen LogP contribution >= 0.6 is 0 Å². The van der Waals surface area contributed by atoms with Crippen molar-refractivity contribution >= 4 is 0 Å². The van der Waals surface area contributed by atoms with Gasteiger partial charge in [0, 0.05) is 12.8 Å². The Morgan fingerprint density at radius 1 is 0.435 bits per heavy atom. The minimum absolute atomic E-state index is 0.279. The maximum atomic E-state index is 6.81. The third kappa shape index (κ3) is 20.3. The van der Waals surface area contributed by atoms with E-state index in [1.54, 1.807) is 0 Å². The van der Waals surface area contributed by atoms with Crippen LogP contribution in [-0.2, 0) is 9.47 Å². The van der Waals surface area contributed by atoms with Crippen molar-refractivity contribution in [1.29, 1.82) is 0 Å². The van der Waals surface area contributed by atoms with Crippen molar-refractivity contribution in [2.75, 3.05) is 0 Å². The summed E-state index contributed by atoms with van der Waals surface area (Å²) in [6, 6.07) is 0. The molecule has 2 heteroatoms. The van der Waals surface area contributed by atoms with Gasteiger partial charge in [0.15, 0.2) is 5.79 Å². The summed E-state index contributed by atoms with van der Waals surface area (Å²) in [7, 11) is 0.